The Bertz CT molecular complexity index is 1150. The quantitative estimate of drug-likeness (QED) is 0.426. The van der Waals surface area contributed by atoms with Gasteiger partial charge in [0.1, 0.15) is 0 Å². The summed E-state index contributed by atoms with van der Waals surface area (Å²) in [7, 11) is 0. The van der Waals surface area contributed by atoms with E-state index in [1.165, 1.54) is 28.5 Å². The van der Waals surface area contributed by atoms with Crippen LogP contribution in [0.4, 0.5) is 0 Å². The number of hydrogen-bond acceptors (Lipinski definition) is 4. The van der Waals surface area contributed by atoms with Gasteiger partial charge in [-0.2, -0.15) is 5.10 Å². The number of thioether (sulfide) groups is 1. The summed E-state index contributed by atoms with van der Waals surface area (Å²) in [5.74, 6) is 0.341. The van der Waals surface area contributed by atoms with E-state index in [0.717, 1.165) is 23.0 Å². The maximum Gasteiger partial charge on any atom is 0.230 e. The number of benzene rings is 2. The molecular weight excluding hydrogens is 406 g/mol. The number of amides is 1. The van der Waals surface area contributed by atoms with Gasteiger partial charge in [0.05, 0.1) is 17.1 Å². The third-order valence-electron chi connectivity index (χ3n) is 5.00. The fraction of sp³-hybridized carbons (Fsp3) is 0.208. The lowest BCUT2D eigenvalue weighted by Gasteiger charge is -2.11. The van der Waals surface area contributed by atoms with Crippen LogP contribution in [0.5, 0.6) is 0 Å². The van der Waals surface area contributed by atoms with Crippen molar-refractivity contribution in [3.05, 3.63) is 90.0 Å². The van der Waals surface area contributed by atoms with E-state index < -0.39 is 0 Å². The zero-order chi connectivity index (χ0) is 21.6. The molecule has 31 heavy (non-hydrogen) atoms. The highest BCUT2D eigenvalue weighted by Gasteiger charge is 2.11. The molecule has 0 saturated carbocycles. The standard InChI is InChI=1S/C24H25N5OS/c1-18-4-5-19(2)22(16-18)28-15-13-26-24(28)31-17-23(30)25-12-10-20-6-8-21(9-7-20)29-14-3-11-27-29/h3-9,11,13-16H,10,12,17H2,1-2H3,(H,25,30). The third-order valence-corrected chi connectivity index (χ3v) is 5.97. The lowest BCUT2D eigenvalue weighted by atomic mass is 10.1. The van der Waals surface area contributed by atoms with E-state index >= 15 is 0 Å². The average molecular weight is 432 g/mol. The number of carbonyl (C=O) groups excluding carboxylic acids is 1. The van der Waals surface area contributed by atoms with Crippen LogP contribution in [0.2, 0.25) is 0 Å². The minimum atomic E-state index is 0.00803. The van der Waals surface area contributed by atoms with Gasteiger partial charge in [-0.3, -0.25) is 9.36 Å². The van der Waals surface area contributed by atoms with E-state index in [1.54, 1.807) is 12.4 Å². The van der Waals surface area contributed by atoms with Gasteiger partial charge >= 0.3 is 0 Å². The number of imidazole rings is 1. The molecule has 0 aliphatic rings. The summed E-state index contributed by atoms with van der Waals surface area (Å²) >= 11 is 1.45. The van der Waals surface area contributed by atoms with Crippen molar-refractivity contribution in [2.45, 2.75) is 25.4 Å². The van der Waals surface area contributed by atoms with Crippen LogP contribution in [-0.4, -0.2) is 37.5 Å². The normalized spacial score (nSPS) is 10.9. The van der Waals surface area contributed by atoms with Gasteiger partial charge in [-0.1, -0.05) is 36.0 Å². The number of nitrogens with one attached hydrogen (secondary N) is 1. The molecular formula is C24H25N5OS. The van der Waals surface area contributed by atoms with Gasteiger partial charge in [0.25, 0.3) is 0 Å². The van der Waals surface area contributed by atoms with Crippen LogP contribution in [0.25, 0.3) is 11.4 Å². The number of hydrogen-bond donors (Lipinski definition) is 1. The molecule has 4 rings (SSSR count). The number of rotatable bonds is 8. The molecule has 0 spiro atoms. The fourth-order valence-corrected chi connectivity index (χ4v) is 4.12. The zero-order valence-corrected chi connectivity index (χ0v) is 18.5. The van der Waals surface area contributed by atoms with Crippen molar-refractivity contribution in [2.24, 2.45) is 0 Å². The van der Waals surface area contributed by atoms with Crippen molar-refractivity contribution in [3.8, 4) is 11.4 Å². The second-order valence-corrected chi connectivity index (χ2v) is 8.32. The first-order valence-corrected chi connectivity index (χ1v) is 11.2. The summed E-state index contributed by atoms with van der Waals surface area (Å²) in [6.07, 6.45) is 8.17. The number of nitrogens with zero attached hydrogens (tertiary/aromatic N) is 4. The Balaban J connectivity index is 1.27. The SMILES string of the molecule is Cc1ccc(C)c(-n2ccnc2SCC(=O)NCCc2ccc(-n3cccn3)cc2)c1. The average Bonchev–Trinajstić information content (AvgIpc) is 3.47. The molecule has 0 radical (unpaired) electrons. The van der Waals surface area contributed by atoms with Crippen molar-refractivity contribution in [1.29, 1.82) is 0 Å². The van der Waals surface area contributed by atoms with Crippen LogP contribution >= 0.6 is 11.8 Å². The summed E-state index contributed by atoms with van der Waals surface area (Å²) in [5.41, 5.74) is 5.66. The minimum absolute atomic E-state index is 0.00803. The van der Waals surface area contributed by atoms with Crippen LogP contribution in [0.15, 0.2) is 78.5 Å². The number of carbonyl (C=O) groups is 1. The maximum atomic E-state index is 12.3. The Kier molecular flexibility index (Phi) is 6.52. The van der Waals surface area contributed by atoms with Gasteiger partial charge in [-0.05, 0) is 61.2 Å². The summed E-state index contributed by atoms with van der Waals surface area (Å²) in [4.78, 5) is 16.8. The van der Waals surface area contributed by atoms with Gasteiger partial charge < -0.3 is 5.32 Å². The van der Waals surface area contributed by atoms with Gasteiger partial charge in [0.15, 0.2) is 5.16 Å². The van der Waals surface area contributed by atoms with Crippen molar-refractivity contribution in [3.63, 3.8) is 0 Å². The number of aromatic nitrogens is 4. The zero-order valence-electron chi connectivity index (χ0n) is 17.7. The molecule has 7 heteroatoms. The van der Waals surface area contributed by atoms with Gasteiger partial charge in [0.2, 0.25) is 5.91 Å². The summed E-state index contributed by atoms with van der Waals surface area (Å²) < 4.78 is 3.87. The molecule has 4 aromatic rings. The highest BCUT2D eigenvalue weighted by molar-refractivity contribution is 7.99. The Morgan fingerprint density at radius 1 is 1.06 bits per heavy atom. The molecule has 2 aromatic heterocycles. The van der Waals surface area contributed by atoms with Crippen LogP contribution in [0.1, 0.15) is 16.7 Å². The third kappa shape index (κ3) is 5.24. The minimum Gasteiger partial charge on any atom is -0.355 e. The molecule has 0 saturated heterocycles. The van der Waals surface area contributed by atoms with Crippen molar-refractivity contribution in [1.82, 2.24) is 24.6 Å². The van der Waals surface area contributed by atoms with Crippen molar-refractivity contribution < 1.29 is 4.79 Å². The molecule has 2 heterocycles. The van der Waals surface area contributed by atoms with E-state index in [0.29, 0.717) is 12.3 Å². The summed E-state index contributed by atoms with van der Waals surface area (Å²) in [6.45, 7) is 4.76. The lowest BCUT2D eigenvalue weighted by molar-refractivity contribution is -0.118. The Morgan fingerprint density at radius 2 is 1.90 bits per heavy atom. The second-order valence-electron chi connectivity index (χ2n) is 7.38. The van der Waals surface area contributed by atoms with E-state index in [1.807, 2.05) is 39.8 Å². The Morgan fingerprint density at radius 3 is 2.68 bits per heavy atom. The van der Waals surface area contributed by atoms with Crippen molar-refractivity contribution >= 4 is 17.7 Å². The summed E-state index contributed by atoms with van der Waals surface area (Å²) in [6, 6.07) is 16.4. The van der Waals surface area contributed by atoms with Gasteiger partial charge in [-0.25, -0.2) is 9.67 Å². The molecule has 0 bridgehead atoms. The molecule has 0 unspecified atom stereocenters. The fourth-order valence-electron chi connectivity index (χ4n) is 3.32. The molecule has 0 aliphatic carbocycles. The first-order chi connectivity index (χ1) is 15.1. The smallest absolute Gasteiger partial charge is 0.230 e. The van der Waals surface area contributed by atoms with E-state index in [2.05, 4.69) is 59.6 Å². The van der Waals surface area contributed by atoms with E-state index in [9.17, 15) is 4.79 Å². The Hall–Kier alpha value is -3.32. The first kappa shape index (κ1) is 20.9. The molecule has 6 nitrogen and oxygen atoms in total. The predicted octanol–water partition coefficient (Wildman–Crippen LogP) is 4.13. The predicted molar refractivity (Wildman–Crippen MR) is 124 cm³/mol. The van der Waals surface area contributed by atoms with Gasteiger partial charge in [-0.15, -0.1) is 0 Å². The van der Waals surface area contributed by atoms with Gasteiger partial charge in [0, 0.05) is 31.3 Å². The van der Waals surface area contributed by atoms with E-state index in [-0.39, 0.29) is 5.91 Å². The van der Waals surface area contributed by atoms with Crippen molar-refractivity contribution in [2.75, 3.05) is 12.3 Å². The largest absolute Gasteiger partial charge is 0.355 e. The molecule has 1 N–H and O–H groups in total. The molecule has 158 valence electrons. The Labute approximate surface area is 186 Å². The van der Waals surface area contributed by atoms with Crippen LogP contribution in [0, 0.1) is 13.8 Å². The van der Waals surface area contributed by atoms with Crippen LogP contribution in [-0.2, 0) is 11.2 Å². The highest BCUT2D eigenvalue weighted by Crippen LogP contribution is 2.23. The van der Waals surface area contributed by atoms with Crippen LogP contribution < -0.4 is 5.32 Å². The van der Waals surface area contributed by atoms with Crippen LogP contribution in [0.3, 0.4) is 0 Å². The first-order valence-electron chi connectivity index (χ1n) is 10.2. The highest BCUT2D eigenvalue weighted by atomic mass is 32.2. The maximum absolute atomic E-state index is 12.3. The molecule has 0 atom stereocenters. The molecule has 1 amide bonds. The number of aryl methyl sites for hydroxylation is 2. The lowest BCUT2D eigenvalue weighted by Crippen LogP contribution is -2.27. The monoisotopic (exact) mass is 431 g/mol. The van der Waals surface area contributed by atoms with E-state index in [4.69, 9.17) is 0 Å². The molecule has 0 aliphatic heterocycles. The topological polar surface area (TPSA) is 64.7 Å². The molecule has 2 aromatic carbocycles. The second kappa shape index (κ2) is 9.66. The summed E-state index contributed by atoms with van der Waals surface area (Å²) in [5, 5.41) is 8.05. The molecule has 0 fully saturated rings.